The number of nitrogens with two attached hydrogens (primary N) is 1. The maximum atomic E-state index is 13.4. The lowest BCUT2D eigenvalue weighted by Gasteiger charge is -2.32. The van der Waals surface area contributed by atoms with E-state index in [0.29, 0.717) is 27.5 Å². The number of ether oxygens (including phenoxy) is 1. The van der Waals surface area contributed by atoms with Gasteiger partial charge in [0.05, 0.1) is 11.3 Å². The standard InChI is InChI=1S/C20H12ClN5O2/c21-11-6-7-14-12(8-11)20(19(27)24-14)13(9-22)17(23)28-18-15(20)16(25-26-18)10-4-2-1-3-5-10/h1-8H,23H2,(H,24,27)(H,25,26)/t20-/m0/s1. The Morgan fingerprint density at radius 1 is 1.21 bits per heavy atom. The minimum atomic E-state index is -1.51. The lowest BCUT2D eigenvalue weighted by Crippen LogP contribution is -2.42. The maximum Gasteiger partial charge on any atom is 0.245 e. The first-order valence-corrected chi connectivity index (χ1v) is 8.79. The van der Waals surface area contributed by atoms with Crippen LogP contribution in [0.25, 0.3) is 11.3 Å². The number of rotatable bonds is 1. The fourth-order valence-corrected chi connectivity index (χ4v) is 4.11. The number of carbonyl (C=O) groups is 1. The number of aromatic nitrogens is 2. The van der Waals surface area contributed by atoms with E-state index < -0.39 is 11.3 Å². The molecule has 28 heavy (non-hydrogen) atoms. The van der Waals surface area contributed by atoms with Crippen molar-refractivity contribution >= 4 is 23.2 Å². The molecule has 0 unspecified atom stereocenters. The van der Waals surface area contributed by atoms with Crippen molar-refractivity contribution < 1.29 is 9.53 Å². The number of benzene rings is 2. The van der Waals surface area contributed by atoms with E-state index in [1.807, 2.05) is 30.3 Å². The molecule has 0 radical (unpaired) electrons. The number of carbonyl (C=O) groups excluding carboxylic acids is 1. The van der Waals surface area contributed by atoms with Crippen molar-refractivity contribution in [2.75, 3.05) is 5.32 Å². The number of nitrogens with one attached hydrogen (secondary N) is 2. The van der Waals surface area contributed by atoms with Gasteiger partial charge >= 0.3 is 0 Å². The van der Waals surface area contributed by atoms with E-state index >= 15 is 0 Å². The van der Waals surface area contributed by atoms with Crippen LogP contribution in [-0.2, 0) is 10.2 Å². The Morgan fingerprint density at radius 3 is 2.75 bits per heavy atom. The van der Waals surface area contributed by atoms with Crippen molar-refractivity contribution in [3.63, 3.8) is 0 Å². The van der Waals surface area contributed by atoms with Gasteiger partial charge in [0.25, 0.3) is 0 Å². The SMILES string of the molecule is N#CC1=C(N)Oc2n[nH]c(-c3ccccc3)c2[C@@]12C(=O)Nc1ccc(Cl)cc12. The molecule has 136 valence electrons. The number of aromatic amines is 1. The number of nitrogens with zero attached hydrogens (tertiary/aromatic N) is 2. The van der Waals surface area contributed by atoms with Gasteiger partial charge in [-0.1, -0.05) is 41.9 Å². The zero-order chi connectivity index (χ0) is 19.5. The van der Waals surface area contributed by atoms with Gasteiger partial charge in [0.2, 0.25) is 17.7 Å². The van der Waals surface area contributed by atoms with Crippen LogP contribution in [0.5, 0.6) is 5.88 Å². The van der Waals surface area contributed by atoms with E-state index in [1.54, 1.807) is 18.2 Å². The molecule has 0 saturated carbocycles. The number of hydrogen-bond donors (Lipinski definition) is 3. The molecule has 0 bridgehead atoms. The minimum Gasteiger partial charge on any atom is -0.420 e. The zero-order valence-corrected chi connectivity index (χ0v) is 15.0. The average Bonchev–Trinajstić information content (AvgIpc) is 3.23. The molecule has 2 aliphatic rings. The number of nitriles is 1. The Kier molecular flexibility index (Phi) is 3.29. The fraction of sp³-hybridized carbons (Fsp3) is 0.0500. The van der Waals surface area contributed by atoms with Crippen LogP contribution < -0.4 is 15.8 Å². The van der Waals surface area contributed by atoms with Crippen LogP contribution >= 0.6 is 11.6 Å². The molecule has 8 heteroatoms. The summed E-state index contributed by atoms with van der Waals surface area (Å²) in [6.45, 7) is 0. The van der Waals surface area contributed by atoms with E-state index in [-0.39, 0.29) is 17.3 Å². The molecule has 0 aliphatic carbocycles. The van der Waals surface area contributed by atoms with Gasteiger partial charge in [-0.3, -0.25) is 9.89 Å². The second-order valence-corrected chi connectivity index (χ2v) is 6.93. The number of hydrogen-bond acceptors (Lipinski definition) is 5. The Morgan fingerprint density at radius 2 is 2.00 bits per heavy atom. The summed E-state index contributed by atoms with van der Waals surface area (Å²) in [4.78, 5) is 13.4. The molecule has 5 rings (SSSR count). The van der Waals surface area contributed by atoms with E-state index in [1.165, 1.54) is 0 Å². The van der Waals surface area contributed by atoms with Gasteiger partial charge in [-0.2, -0.15) is 5.26 Å². The normalized spacial score (nSPS) is 19.6. The van der Waals surface area contributed by atoms with Crippen LogP contribution in [0.1, 0.15) is 11.1 Å². The topological polar surface area (TPSA) is 117 Å². The second-order valence-electron chi connectivity index (χ2n) is 6.49. The summed E-state index contributed by atoms with van der Waals surface area (Å²) in [5.74, 6) is -0.421. The average molecular weight is 390 g/mol. The highest BCUT2D eigenvalue weighted by atomic mass is 35.5. The van der Waals surface area contributed by atoms with Crippen molar-refractivity contribution in [2.45, 2.75) is 5.41 Å². The molecule has 7 nitrogen and oxygen atoms in total. The highest BCUT2D eigenvalue weighted by Gasteiger charge is 2.58. The maximum absolute atomic E-state index is 13.4. The summed E-state index contributed by atoms with van der Waals surface area (Å²) < 4.78 is 5.60. The third-order valence-electron chi connectivity index (χ3n) is 5.08. The van der Waals surface area contributed by atoms with Crippen LogP contribution in [-0.4, -0.2) is 16.1 Å². The van der Waals surface area contributed by atoms with Gasteiger partial charge in [0.15, 0.2) is 0 Å². The van der Waals surface area contributed by atoms with Gasteiger partial charge in [0, 0.05) is 21.8 Å². The molecule has 2 aromatic carbocycles. The molecular weight excluding hydrogens is 378 g/mol. The zero-order valence-electron chi connectivity index (χ0n) is 14.3. The van der Waals surface area contributed by atoms with Crippen LogP contribution in [0.4, 0.5) is 5.69 Å². The lowest BCUT2D eigenvalue weighted by molar-refractivity contribution is -0.118. The first kappa shape index (κ1) is 16.4. The molecule has 4 N–H and O–H groups in total. The van der Waals surface area contributed by atoms with E-state index in [0.717, 1.165) is 5.56 Å². The van der Waals surface area contributed by atoms with E-state index in [2.05, 4.69) is 21.6 Å². The predicted molar refractivity (Wildman–Crippen MR) is 102 cm³/mol. The summed E-state index contributed by atoms with van der Waals surface area (Å²) >= 11 is 6.23. The van der Waals surface area contributed by atoms with Crippen LogP contribution in [0.3, 0.4) is 0 Å². The summed E-state index contributed by atoms with van der Waals surface area (Å²) in [5.41, 5.74) is 7.41. The Bertz CT molecular complexity index is 1230. The van der Waals surface area contributed by atoms with Crippen molar-refractivity contribution in [3.8, 4) is 23.2 Å². The minimum absolute atomic E-state index is 0.00269. The third-order valence-corrected chi connectivity index (χ3v) is 5.32. The second kappa shape index (κ2) is 5.62. The van der Waals surface area contributed by atoms with Gasteiger partial charge in [-0.05, 0) is 18.2 Å². The molecule has 3 heterocycles. The number of anilines is 1. The first-order valence-electron chi connectivity index (χ1n) is 8.41. The van der Waals surface area contributed by atoms with Crippen molar-refractivity contribution in [1.29, 1.82) is 5.26 Å². The third kappa shape index (κ3) is 1.92. The van der Waals surface area contributed by atoms with Gasteiger partial charge in [0.1, 0.15) is 17.1 Å². The van der Waals surface area contributed by atoms with E-state index in [9.17, 15) is 10.1 Å². The largest absolute Gasteiger partial charge is 0.420 e. The van der Waals surface area contributed by atoms with Gasteiger partial charge in [-0.15, -0.1) is 5.10 Å². The summed E-state index contributed by atoms with van der Waals surface area (Å²) in [7, 11) is 0. The Balaban J connectivity index is 1.92. The van der Waals surface area contributed by atoms with E-state index in [4.69, 9.17) is 22.1 Å². The molecule has 1 spiro atoms. The van der Waals surface area contributed by atoms with Crippen molar-refractivity contribution in [1.82, 2.24) is 10.2 Å². The quantitative estimate of drug-likeness (QED) is 0.591. The number of amides is 1. The lowest BCUT2D eigenvalue weighted by atomic mass is 9.68. The van der Waals surface area contributed by atoms with Crippen LogP contribution in [0.15, 0.2) is 60.0 Å². The molecule has 3 aromatic rings. The smallest absolute Gasteiger partial charge is 0.245 e. The summed E-state index contributed by atoms with van der Waals surface area (Å²) in [5, 5.41) is 20.3. The van der Waals surface area contributed by atoms with Gasteiger partial charge in [-0.25, -0.2) is 0 Å². The molecule has 2 aliphatic heterocycles. The number of halogens is 1. The molecule has 0 fully saturated rings. The van der Waals surface area contributed by atoms with Crippen LogP contribution in [0, 0.1) is 11.3 Å². The van der Waals surface area contributed by atoms with Gasteiger partial charge < -0.3 is 15.8 Å². The molecule has 1 amide bonds. The predicted octanol–water partition coefficient (Wildman–Crippen LogP) is 3.05. The highest BCUT2D eigenvalue weighted by molar-refractivity contribution is 6.31. The molecule has 0 saturated heterocycles. The Labute approximate surface area is 164 Å². The van der Waals surface area contributed by atoms with Crippen molar-refractivity contribution in [3.05, 3.63) is 76.1 Å². The highest BCUT2D eigenvalue weighted by Crippen LogP contribution is 2.55. The first-order chi connectivity index (χ1) is 13.6. The molecule has 1 aromatic heterocycles. The molecular formula is C20H12ClN5O2. The Hall–Kier alpha value is -3.76. The number of H-pyrrole nitrogens is 1. The molecule has 1 atom stereocenters. The fourth-order valence-electron chi connectivity index (χ4n) is 3.94. The summed E-state index contributed by atoms with van der Waals surface area (Å²) in [6, 6.07) is 16.5. The summed E-state index contributed by atoms with van der Waals surface area (Å²) in [6.07, 6.45) is 0. The number of fused-ring (bicyclic) bond motifs is 4. The monoisotopic (exact) mass is 389 g/mol. The van der Waals surface area contributed by atoms with Crippen molar-refractivity contribution in [2.24, 2.45) is 5.73 Å². The van der Waals surface area contributed by atoms with Crippen LogP contribution in [0.2, 0.25) is 5.02 Å².